The van der Waals surface area contributed by atoms with E-state index in [1.165, 1.54) is 0 Å². The third-order valence-electron chi connectivity index (χ3n) is 4.88. The molecule has 3 aromatic heterocycles. The molecule has 0 saturated carbocycles. The number of hydrogen-bond donors (Lipinski definition) is 1. The van der Waals surface area contributed by atoms with Crippen LogP contribution in [0.1, 0.15) is 17.0 Å². The fourth-order valence-electron chi connectivity index (χ4n) is 3.36. The average Bonchev–Trinajstić information content (AvgIpc) is 3.29. The summed E-state index contributed by atoms with van der Waals surface area (Å²) in [5.41, 5.74) is 5.52. The van der Waals surface area contributed by atoms with Crippen molar-refractivity contribution in [2.75, 3.05) is 13.2 Å². The smallest absolute Gasteiger partial charge is 0.126 e. The summed E-state index contributed by atoms with van der Waals surface area (Å²) in [7, 11) is 1.91. The highest BCUT2D eigenvalue weighted by molar-refractivity contribution is 5.91. The van der Waals surface area contributed by atoms with Gasteiger partial charge in [-0.2, -0.15) is 10.2 Å². The zero-order chi connectivity index (χ0) is 18.9. The van der Waals surface area contributed by atoms with Crippen LogP contribution in [0.25, 0.3) is 34.3 Å². The standard InChI is InChI=1S/C21H19N5O2/c1-26-20-13-27-8-9-28-21-5-3-2-4-14(21)6-7-17-15-10-18(16(20)11-23-26)22-12-19(15)25-24-17/h2-7,10-12H,8-9,13H2,1H3,(H,24,25)/b7-6+. The molecule has 7 heteroatoms. The lowest BCUT2D eigenvalue weighted by molar-refractivity contribution is 0.0853. The molecule has 4 aromatic rings. The van der Waals surface area contributed by atoms with E-state index >= 15 is 0 Å². The quantitative estimate of drug-likeness (QED) is 0.511. The first-order valence-electron chi connectivity index (χ1n) is 9.12. The lowest BCUT2D eigenvalue weighted by Gasteiger charge is -2.10. The minimum Gasteiger partial charge on any atom is -0.491 e. The molecule has 0 unspecified atom stereocenters. The molecule has 5 rings (SSSR count). The second kappa shape index (κ2) is 6.94. The van der Waals surface area contributed by atoms with Crippen LogP contribution in [-0.2, 0) is 18.4 Å². The number of pyridine rings is 1. The number of nitrogens with zero attached hydrogens (tertiary/aromatic N) is 4. The Bertz CT molecular complexity index is 1170. The number of hydrogen-bond acceptors (Lipinski definition) is 5. The molecule has 0 radical (unpaired) electrons. The van der Waals surface area contributed by atoms with Crippen LogP contribution in [0.2, 0.25) is 0 Å². The molecule has 0 atom stereocenters. The van der Waals surface area contributed by atoms with Crippen molar-refractivity contribution in [3.05, 3.63) is 59.7 Å². The topological polar surface area (TPSA) is 77.9 Å². The Balaban J connectivity index is 1.66. The number of aryl methyl sites for hydroxylation is 1. The summed E-state index contributed by atoms with van der Waals surface area (Å²) >= 11 is 0. The van der Waals surface area contributed by atoms with Gasteiger partial charge in [-0.3, -0.25) is 14.8 Å². The van der Waals surface area contributed by atoms with Gasteiger partial charge < -0.3 is 9.47 Å². The van der Waals surface area contributed by atoms with Crippen molar-refractivity contribution < 1.29 is 9.47 Å². The molecule has 2 bridgehead atoms. The van der Waals surface area contributed by atoms with E-state index in [0.717, 1.165) is 44.9 Å². The predicted molar refractivity (Wildman–Crippen MR) is 107 cm³/mol. The first-order valence-corrected chi connectivity index (χ1v) is 9.12. The lowest BCUT2D eigenvalue weighted by atomic mass is 10.1. The highest BCUT2D eigenvalue weighted by Gasteiger charge is 2.15. The minimum atomic E-state index is 0.438. The Kier molecular flexibility index (Phi) is 4.14. The van der Waals surface area contributed by atoms with Crippen molar-refractivity contribution in [3.63, 3.8) is 0 Å². The van der Waals surface area contributed by atoms with E-state index in [1.807, 2.05) is 66.6 Å². The number of aromatic nitrogens is 5. The molecule has 1 aromatic carbocycles. The number of aromatic amines is 1. The summed E-state index contributed by atoms with van der Waals surface area (Å²) in [6, 6.07) is 9.98. The van der Waals surface area contributed by atoms with Crippen molar-refractivity contribution >= 4 is 23.1 Å². The van der Waals surface area contributed by atoms with Gasteiger partial charge in [0.05, 0.1) is 48.2 Å². The van der Waals surface area contributed by atoms with Crippen molar-refractivity contribution in [1.82, 2.24) is 25.0 Å². The van der Waals surface area contributed by atoms with Crippen LogP contribution in [0, 0.1) is 0 Å². The van der Waals surface area contributed by atoms with Crippen LogP contribution in [0.15, 0.2) is 42.7 Å². The summed E-state index contributed by atoms with van der Waals surface area (Å²) in [5, 5.41) is 12.9. The maximum absolute atomic E-state index is 5.93. The molecule has 0 amide bonds. The molecular formula is C21H19N5O2. The summed E-state index contributed by atoms with van der Waals surface area (Å²) in [5.74, 6) is 0.820. The zero-order valence-electron chi connectivity index (χ0n) is 15.4. The molecule has 28 heavy (non-hydrogen) atoms. The first kappa shape index (κ1) is 16.7. The molecule has 0 spiro atoms. The van der Waals surface area contributed by atoms with E-state index in [0.29, 0.717) is 19.8 Å². The van der Waals surface area contributed by atoms with Gasteiger partial charge in [0.1, 0.15) is 12.4 Å². The molecule has 1 aliphatic rings. The van der Waals surface area contributed by atoms with Gasteiger partial charge in [0.15, 0.2) is 0 Å². The number of benzene rings is 1. The molecule has 7 nitrogen and oxygen atoms in total. The van der Waals surface area contributed by atoms with Gasteiger partial charge in [0, 0.05) is 23.6 Å². The first-order chi connectivity index (χ1) is 13.8. The van der Waals surface area contributed by atoms with E-state index in [2.05, 4.69) is 20.3 Å². The summed E-state index contributed by atoms with van der Waals surface area (Å²) in [6.45, 7) is 1.39. The number of ether oxygens (including phenoxy) is 2. The van der Waals surface area contributed by atoms with Crippen LogP contribution in [-0.4, -0.2) is 38.2 Å². The molecule has 0 saturated heterocycles. The van der Waals surface area contributed by atoms with E-state index < -0.39 is 0 Å². The minimum absolute atomic E-state index is 0.438. The largest absolute Gasteiger partial charge is 0.491 e. The van der Waals surface area contributed by atoms with E-state index in [9.17, 15) is 0 Å². The Morgan fingerprint density at radius 2 is 2.04 bits per heavy atom. The maximum atomic E-state index is 5.93. The Hall–Kier alpha value is -3.45. The SMILES string of the molecule is Cn1ncc2c1COCCOc1ccccc1/C=C/c1n[nH]c3cnc-2cc13. The van der Waals surface area contributed by atoms with Gasteiger partial charge in [0.2, 0.25) is 0 Å². The lowest BCUT2D eigenvalue weighted by Crippen LogP contribution is -2.09. The van der Waals surface area contributed by atoms with Gasteiger partial charge in [-0.15, -0.1) is 0 Å². The maximum Gasteiger partial charge on any atom is 0.126 e. The summed E-state index contributed by atoms with van der Waals surface area (Å²) in [4.78, 5) is 4.59. The third kappa shape index (κ3) is 2.95. The van der Waals surface area contributed by atoms with Gasteiger partial charge in [0.25, 0.3) is 0 Å². The molecular weight excluding hydrogens is 354 g/mol. The molecule has 1 N–H and O–H groups in total. The van der Waals surface area contributed by atoms with Gasteiger partial charge >= 0.3 is 0 Å². The molecule has 4 heterocycles. The van der Waals surface area contributed by atoms with Crippen LogP contribution >= 0.6 is 0 Å². The Morgan fingerprint density at radius 1 is 1.11 bits per heavy atom. The van der Waals surface area contributed by atoms with Gasteiger partial charge in [-0.05, 0) is 24.3 Å². The predicted octanol–water partition coefficient (Wildman–Crippen LogP) is 3.44. The highest BCUT2D eigenvalue weighted by atomic mass is 16.5. The third-order valence-corrected chi connectivity index (χ3v) is 4.88. The van der Waals surface area contributed by atoms with Crippen LogP contribution in [0.3, 0.4) is 0 Å². The van der Waals surface area contributed by atoms with E-state index in [1.54, 1.807) is 0 Å². The second-order valence-electron chi connectivity index (χ2n) is 6.62. The van der Waals surface area contributed by atoms with Gasteiger partial charge in [-0.1, -0.05) is 18.2 Å². The normalized spacial score (nSPS) is 15.3. The highest BCUT2D eigenvalue weighted by Crippen LogP contribution is 2.28. The summed E-state index contributed by atoms with van der Waals surface area (Å²) in [6.07, 6.45) is 7.64. The number of fused-ring (bicyclic) bond motifs is 4. The Labute approximate surface area is 161 Å². The molecule has 0 fully saturated rings. The fraction of sp³-hybridized carbons (Fsp3) is 0.190. The molecule has 1 aliphatic heterocycles. The summed E-state index contributed by atoms with van der Waals surface area (Å²) < 4.78 is 13.6. The van der Waals surface area contributed by atoms with Crippen LogP contribution in [0.5, 0.6) is 5.75 Å². The van der Waals surface area contributed by atoms with Crippen LogP contribution in [0.4, 0.5) is 0 Å². The zero-order valence-corrected chi connectivity index (χ0v) is 15.4. The Morgan fingerprint density at radius 3 is 3.00 bits per heavy atom. The van der Waals surface area contributed by atoms with Crippen molar-refractivity contribution in [1.29, 1.82) is 0 Å². The van der Waals surface area contributed by atoms with Gasteiger partial charge in [-0.25, -0.2) is 0 Å². The number of rotatable bonds is 0. The monoisotopic (exact) mass is 373 g/mol. The van der Waals surface area contributed by atoms with E-state index in [-0.39, 0.29) is 0 Å². The number of nitrogens with one attached hydrogen (secondary N) is 1. The van der Waals surface area contributed by atoms with E-state index in [4.69, 9.17) is 9.47 Å². The molecule has 140 valence electrons. The van der Waals surface area contributed by atoms with Crippen LogP contribution < -0.4 is 4.74 Å². The number of H-pyrrole nitrogens is 1. The fourth-order valence-corrected chi connectivity index (χ4v) is 3.36. The average molecular weight is 373 g/mol. The molecule has 0 aliphatic carbocycles. The number of para-hydroxylation sites is 1. The van der Waals surface area contributed by atoms with Crippen molar-refractivity contribution in [2.24, 2.45) is 7.05 Å². The van der Waals surface area contributed by atoms with Crippen molar-refractivity contribution in [2.45, 2.75) is 6.61 Å². The second-order valence-corrected chi connectivity index (χ2v) is 6.62. The van der Waals surface area contributed by atoms with Crippen molar-refractivity contribution in [3.8, 4) is 17.0 Å².